The molecule has 1 aromatic heterocycles. The van der Waals surface area contributed by atoms with E-state index < -0.39 is 30.1 Å². The van der Waals surface area contributed by atoms with Gasteiger partial charge in [0.05, 0.1) is 12.7 Å². The first kappa shape index (κ1) is 11.2. The van der Waals surface area contributed by atoms with Crippen LogP contribution in [0.5, 0.6) is 0 Å². The van der Waals surface area contributed by atoms with Crippen LogP contribution in [0.15, 0.2) is 17.1 Å². The molecule has 0 aliphatic carbocycles. The molecule has 1 aliphatic rings. The number of halogens is 2. The molecule has 1 aromatic rings. The minimum Gasteiger partial charge on any atom is -0.394 e. The Kier molecular flexibility index (Phi) is 2.97. The van der Waals surface area contributed by atoms with Gasteiger partial charge in [0.1, 0.15) is 6.17 Å². The van der Waals surface area contributed by atoms with Crippen molar-refractivity contribution in [2.24, 2.45) is 0 Å². The summed E-state index contributed by atoms with van der Waals surface area (Å²) in [5.74, 6) is -0.923. The van der Waals surface area contributed by atoms with Gasteiger partial charge in [-0.05, 0) is 0 Å². The zero-order chi connectivity index (χ0) is 11.7. The Morgan fingerprint density at radius 2 is 2.44 bits per heavy atom. The monoisotopic (exact) mass is 232 g/mol. The highest BCUT2D eigenvalue weighted by Gasteiger charge is 2.36. The number of aliphatic hydroxyl groups is 1. The molecule has 0 aromatic carbocycles. The summed E-state index contributed by atoms with van der Waals surface area (Å²) in [6.45, 7) is -0.319. The van der Waals surface area contributed by atoms with Crippen molar-refractivity contribution in [3.63, 3.8) is 0 Å². The van der Waals surface area contributed by atoms with Gasteiger partial charge in [-0.15, -0.1) is 0 Å². The number of ether oxygens (including phenoxy) is 1. The first-order chi connectivity index (χ1) is 7.61. The molecule has 88 valence electrons. The van der Waals surface area contributed by atoms with E-state index in [1.807, 2.05) is 0 Å². The lowest BCUT2D eigenvalue weighted by molar-refractivity contribution is -0.0395. The average Bonchev–Trinajstić information content (AvgIpc) is 2.60. The molecular weight excluding hydrogens is 222 g/mol. The quantitative estimate of drug-likeness (QED) is 0.729. The highest BCUT2D eigenvalue weighted by molar-refractivity contribution is 4.89. The molecular formula is C9H10F2N2O3. The maximum absolute atomic E-state index is 13.5. The fourth-order valence-corrected chi connectivity index (χ4v) is 1.65. The van der Waals surface area contributed by atoms with E-state index in [-0.39, 0.29) is 13.0 Å². The Morgan fingerprint density at radius 3 is 3.00 bits per heavy atom. The predicted molar refractivity (Wildman–Crippen MR) is 49.0 cm³/mol. The highest BCUT2D eigenvalue weighted by atomic mass is 19.1. The predicted octanol–water partition coefficient (Wildman–Crippen LogP) is 0.000300. The average molecular weight is 232 g/mol. The van der Waals surface area contributed by atoms with Gasteiger partial charge < -0.3 is 9.84 Å². The summed E-state index contributed by atoms with van der Waals surface area (Å²) in [6, 6.07) is 0.948. The van der Waals surface area contributed by atoms with Crippen molar-refractivity contribution in [2.75, 3.05) is 6.61 Å². The molecule has 2 rings (SSSR count). The Morgan fingerprint density at radius 1 is 1.69 bits per heavy atom. The molecule has 2 heterocycles. The summed E-state index contributed by atoms with van der Waals surface area (Å²) < 4.78 is 32.0. The number of aliphatic hydroxyl groups excluding tert-OH is 1. The van der Waals surface area contributed by atoms with Crippen LogP contribution < -0.4 is 5.69 Å². The lowest BCUT2D eigenvalue weighted by atomic mass is 10.2. The normalized spacial score (nSPS) is 29.6. The number of hydrogen-bond donors (Lipinski definition) is 1. The van der Waals surface area contributed by atoms with Crippen LogP contribution in [-0.2, 0) is 4.74 Å². The van der Waals surface area contributed by atoms with Crippen molar-refractivity contribution in [1.82, 2.24) is 9.55 Å². The topological polar surface area (TPSA) is 64.4 Å². The molecule has 1 saturated heterocycles. The summed E-state index contributed by atoms with van der Waals surface area (Å²) >= 11 is 0. The van der Waals surface area contributed by atoms with Crippen molar-refractivity contribution in [1.29, 1.82) is 0 Å². The highest BCUT2D eigenvalue weighted by Crippen LogP contribution is 2.29. The SMILES string of the molecule is O=c1nc(F)ccn1[C@@H]1O[C@H](CO)C[C@@H]1F. The summed E-state index contributed by atoms with van der Waals surface area (Å²) in [6.07, 6.45) is -2.11. The van der Waals surface area contributed by atoms with Crippen LogP contribution in [0.1, 0.15) is 12.6 Å². The third-order valence-electron chi connectivity index (χ3n) is 2.40. The van der Waals surface area contributed by atoms with Crippen LogP contribution in [0.4, 0.5) is 8.78 Å². The molecule has 0 unspecified atom stereocenters. The first-order valence-corrected chi connectivity index (χ1v) is 4.77. The maximum atomic E-state index is 13.5. The third-order valence-corrected chi connectivity index (χ3v) is 2.40. The molecule has 16 heavy (non-hydrogen) atoms. The Bertz CT molecular complexity index is 437. The van der Waals surface area contributed by atoms with Crippen molar-refractivity contribution >= 4 is 0 Å². The fourth-order valence-electron chi connectivity index (χ4n) is 1.65. The number of alkyl halides is 1. The fraction of sp³-hybridized carbons (Fsp3) is 0.556. The molecule has 0 bridgehead atoms. The second kappa shape index (κ2) is 4.26. The maximum Gasteiger partial charge on any atom is 0.352 e. The van der Waals surface area contributed by atoms with E-state index in [0.29, 0.717) is 0 Å². The number of nitrogens with zero attached hydrogens (tertiary/aromatic N) is 2. The van der Waals surface area contributed by atoms with Crippen LogP contribution in [0.25, 0.3) is 0 Å². The molecule has 0 saturated carbocycles. The van der Waals surface area contributed by atoms with E-state index in [1.165, 1.54) is 0 Å². The van der Waals surface area contributed by atoms with E-state index in [4.69, 9.17) is 9.84 Å². The molecule has 1 fully saturated rings. The number of aromatic nitrogens is 2. The Balaban J connectivity index is 2.28. The van der Waals surface area contributed by atoms with Crippen LogP contribution >= 0.6 is 0 Å². The van der Waals surface area contributed by atoms with Gasteiger partial charge in [-0.25, -0.2) is 9.18 Å². The van der Waals surface area contributed by atoms with Crippen LogP contribution in [0, 0.1) is 5.95 Å². The Labute approximate surface area is 89.3 Å². The minimum absolute atomic E-state index is 0.00494. The lowest BCUT2D eigenvalue weighted by Gasteiger charge is -2.15. The smallest absolute Gasteiger partial charge is 0.352 e. The summed E-state index contributed by atoms with van der Waals surface area (Å²) in [4.78, 5) is 14.3. The van der Waals surface area contributed by atoms with Crippen molar-refractivity contribution in [3.05, 3.63) is 28.7 Å². The molecule has 0 radical (unpaired) electrons. The zero-order valence-electron chi connectivity index (χ0n) is 8.22. The van der Waals surface area contributed by atoms with Gasteiger partial charge in [-0.3, -0.25) is 4.57 Å². The molecule has 0 spiro atoms. The van der Waals surface area contributed by atoms with E-state index in [9.17, 15) is 13.6 Å². The Hall–Kier alpha value is -1.34. The molecule has 5 nitrogen and oxygen atoms in total. The molecule has 1 aliphatic heterocycles. The van der Waals surface area contributed by atoms with Crippen LogP contribution in [0.2, 0.25) is 0 Å². The van der Waals surface area contributed by atoms with Crippen molar-refractivity contribution in [3.8, 4) is 0 Å². The van der Waals surface area contributed by atoms with E-state index in [1.54, 1.807) is 0 Å². The number of rotatable bonds is 2. The largest absolute Gasteiger partial charge is 0.394 e. The van der Waals surface area contributed by atoms with E-state index >= 15 is 0 Å². The molecule has 1 N–H and O–H groups in total. The first-order valence-electron chi connectivity index (χ1n) is 4.77. The summed E-state index contributed by atoms with van der Waals surface area (Å²) in [7, 11) is 0. The standard InChI is InChI=1S/C9H10F2N2O3/c10-6-3-5(4-14)16-8(6)13-2-1-7(11)12-9(13)15/h1-2,5-6,8,14H,3-4H2/t5-,6-,8+/m0/s1. The molecule has 0 amide bonds. The van der Waals surface area contributed by atoms with Crippen molar-refractivity contribution < 1.29 is 18.6 Å². The number of hydrogen-bond acceptors (Lipinski definition) is 4. The van der Waals surface area contributed by atoms with Gasteiger partial charge in [0.25, 0.3) is 0 Å². The van der Waals surface area contributed by atoms with Gasteiger partial charge in [-0.1, -0.05) is 0 Å². The van der Waals surface area contributed by atoms with Gasteiger partial charge in [0, 0.05) is 18.7 Å². The summed E-state index contributed by atoms with van der Waals surface area (Å²) in [5, 5.41) is 8.81. The lowest BCUT2D eigenvalue weighted by Crippen LogP contribution is -2.30. The second-order valence-corrected chi connectivity index (χ2v) is 3.52. The third kappa shape index (κ3) is 1.96. The van der Waals surface area contributed by atoms with Gasteiger partial charge in [-0.2, -0.15) is 9.37 Å². The molecule has 3 atom stereocenters. The van der Waals surface area contributed by atoms with Crippen LogP contribution in [0.3, 0.4) is 0 Å². The minimum atomic E-state index is -1.41. The van der Waals surface area contributed by atoms with Gasteiger partial charge in [0.2, 0.25) is 5.95 Å². The van der Waals surface area contributed by atoms with Crippen LogP contribution in [-0.4, -0.2) is 33.5 Å². The molecule has 7 heteroatoms. The van der Waals surface area contributed by atoms with E-state index in [2.05, 4.69) is 4.98 Å². The van der Waals surface area contributed by atoms with Gasteiger partial charge >= 0.3 is 5.69 Å². The van der Waals surface area contributed by atoms with Crippen molar-refractivity contribution in [2.45, 2.75) is 24.9 Å². The second-order valence-electron chi connectivity index (χ2n) is 3.52. The van der Waals surface area contributed by atoms with Gasteiger partial charge in [0.15, 0.2) is 6.23 Å². The van der Waals surface area contributed by atoms with E-state index in [0.717, 1.165) is 16.8 Å². The summed E-state index contributed by atoms with van der Waals surface area (Å²) in [5.41, 5.74) is -0.911. The zero-order valence-corrected chi connectivity index (χ0v) is 8.22.